The van der Waals surface area contributed by atoms with Crippen LogP contribution in [0.5, 0.6) is 0 Å². The minimum absolute atomic E-state index is 0.0106. The number of nitrogens with zero attached hydrogens (tertiary/aromatic N) is 1. The minimum atomic E-state index is -1.02. The molecular weight excluding hydrogens is 434 g/mol. The fourth-order valence-electron chi connectivity index (χ4n) is 7.03. The van der Waals surface area contributed by atoms with Crippen LogP contribution in [0.4, 0.5) is 0 Å². The fraction of sp³-hybridized carbons (Fsp3) is 0.885. The monoisotopic (exact) mass is 479 g/mol. The lowest BCUT2D eigenvalue weighted by Crippen LogP contribution is -2.59. The summed E-state index contributed by atoms with van der Waals surface area (Å²) in [6, 6.07) is -0.812. The van der Waals surface area contributed by atoms with Gasteiger partial charge < -0.3 is 25.4 Å². The zero-order valence-corrected chi connectivity index (χ0v) is 22.1. The van der Waals surface area contributed by atoms with Crippen LogP contribution in [-0.4, -0.2) is 70.2 Å². The molecule has 0 aromatic carbocycles. The quantitative estimate of drug-likeness (QED) is 0.446. The molecule has 34 heavy (non-hydrogen) atoms. The Kier molecular flexibility index (Phi) is 7.46. The third-order valence-electron chi connectivity index (χ3n) is 7.75. The highest BCUT2D eigenvalue weighted by molar-refractivity contribution is 5.99. The van der Waals surface area contributed by atoms with Gasteiger partial charge in [-0.1, -0.05) is 34.6 Å². The predicted molar refractivity (Wildman–Crippen MR) is 130 cm³/mol. The zero-order chi connectivity index (χ0) is 25.5. The SMILES string of the molecule is CCCNC(=O)[C@H]1[C@H]2C(=O)N(CCCO)C(C(=O)NC(C)(C)CC(C)(C)C)C23CC[C@]1(CC)O3. The summed E-state index contributed by atoms with van der Waals surface area (Å²) in [5.41, 5.74) is -2.21. The molecule has 0 aliphatic carbocycles. The number of fused-ring (bicyclic) bond motifs is 1. The molecule has 0 radical (unpaired) electrons. The van der Waals surface area contributed by atoms with Crippen molar-refractivity contribution in [3.8, 4) is 0 Å². The highest BCUT2D eigenvalue weighted by Gasteiger charge is 2.78. The molecular formula is C26H45N3O5. The maximum atomic E-state index is 13.9. The van der Waals surface area contributed by atoms with Crippen LogP contribution in [0.25, 0.3) is 0 Å². The first-order chi connectivity index (χ1) is 15.8. The number of ether oxygens (including phenoxy) is 1. The summed E-state index contributed by atoms with van der Waals surface area (Å²) >= 11 is 0. The number of carbonyl (C=O) groups excluding carboxylic acids is 3. The normalized spacial score (nSPS) is 32.8. The average Bonchev–Trinajstić information content (AvgIpc) is 3.31. The summed E-state index contributed by atoms with van der Waals surface area (Å²) in [7, 11) is 0. The Hall–Kier alpha value is -1.67. The van der Waals surface area contributed by atoms with Crippen molar-refractivity contribution in [2.45, 2.75) is 110 Å². The van der Waals surface area contributed by atoms with Gasteiger partial charge in [0.05, 0.1) is 17.4 Å². The Morgan fingerprint density at radius 1 is 1.15 bits per heavy atom. The molecule has 8 nitrogen and oxygen atoms in total. The van der Waals surface area contributed by atoms with Crippen LogP contribution in [-0.2, 0) is 19.1 Å². The molecule has 3 fully saturated rings. The van der Waals surface area contributed by atoms with Crippen LogP contribution in [0.2, 0.25) is 0 Å². The van der Waals surface area contributed by atoms with Gasteiger partial charge in [-0.15, -0.1) is 0 Å². The molecule has 2 bridgehead atoms. The molecule has 194 valence electrons. The number of nitrogens with one attached hydrogen (secondary N) is 2. The van der Waals surface area contributed by atoms with E-state index in [1.165, 1.54) is 0 Å². The Balaban J connectivity index is 1.99. The number of carbonyl (C=O) groups is 3. The van der Waals surface area contributed by atoms with Crippen LogP contribution < -0.4 is 10.6 Å². The van der Waals surface area contributed by atoms with Gasteiger partial charge >= 0.3 is 0 Å². The Morgan fingerprint density at radius 2 is 1.82 bits per heavy atom. The maximum absolute atomic E-state index is 13.9. The van der Waals surface area contributed by atoms with Crippen molar-refractivity contribution >= 4 is 17.7 Å². The standard InChI is InChI=1S/C26H45N3O5/c1-8-13-27-20(31)17-18-22(33)29(14-10-15-30)19(26(18)12-11-25(17,9-2)34-26)21(32)28-24(6,7)16-23(3,4)5/h17-19,30H,8-16H2,1-7H3,(H,27,31)(H,28,32)/t17-,18+,19?,25+,26?/m1/s1. The molecule has 1 spiro atoms. The molecule has 0 saturated carbocycles. The highest BCUT2D eigenvalue weighted by atomic mass is 16.5. The van der Waals surface area contributed by atoms with Gasteiger partial charge in [0.1, 0.15) is 11.6 Å². The van der Waals surface area contributed by atoms with Crippen LogP contribution in [0.3, 0.4) is 0 Å². The van der Waals surface area contributed by atoms with Crippen molar-refractivity contribution in [3.05, 3.63) is 0 Å². The minimum Gasteiger partial charge on any atom is -0.396 e. The van der Waals surface area contributed by atoms with E-state index in [9.17, 15) is 19.5 Å². The van der Waals surface area contributed by atoms with E-state index in [2.05, 4.69) is 31.4 Å². The lowest BCUT2D eigenvalue weighted by molar-refractivity contribution is -0.148. The third-order valence-corrected chi connectivity index (χ3v) is 7.75. The first kappa shape index (κ1) is 26.9. The molecule has 3 amide bonds. The van der Waals surface area contributed by atoms with E-state index in [-0.39, 0.29) is 36.3 Å². The molecule has 3 rings (SSSR count). The second-order valence-electron chi connectivity index (χ2n) is 12.3. The smallest absolute Gasteiger partial charge is 0.246 e. The third kappa shape index (κ3) is 4.60. The number of aliphatic hydroxyl groups is 1. The topological polar surface area (TPSA) is 108 Å². The Morgan fingerprint density at radius 3 is 2.38 bits per heavy atom. The molecule has 3 aliphatic rings. The average molecular weight is 480 g/mol. The number of aliphatic hydroxyl groups excluding tert-OH is 1. The lowest BCUT2D eigenvalue weighted by Gasteiger charge is -2.38. The van der Waals surface area contributed by atoms with Crippen LogP contribution in [0.1, 0.15) is 87.0 Å². The van der Waals surface area contributed by atoms with Crippen molar-refractivity contribution in [2.75, 3.05) is 19.7 Å². The zero-order valence-electron chi connectivity index (χ0n) is 22.1. The molecule has 3 N–H and O–H groups in total. The van der Waals surface area contributed by atoms with E-state index >= 15 is 0 Å². The molecule has 3 heterocycles. The highest BCUT2D eigenvalue weighted by Crippen LogP contribution is 2.64. The number of amides is 3. The van der Waals surface area contributed by atoms with Gasteiger partial charge in [-0.2, -0.15) is 0 Å². The molecule has 5 atom stereocenters. The van der Waals surface area contributed by atoms with E-state index < -0.39 is 34.6 Å². The number of hydrogen-bond donors (Lipinski definition) is 3. The first-order valence-electron chi connectivity index (χ1n) is 13.0. The summed E-state index contributed by atoms with van der Waals surface area (Å²) in [6.07, 6.45) is 3.78. The summed E-state index contributed by atoms with van der Waals surface area (Å²) in [5.74, 6) is -1.88. The van der Waals surface area contributed by atoms with E-state index in [1.807, 2.05) is 27.7 Å². The number of likely N-dealkylation sites (tertiary alicyclic amines) is 1. The van der Waals surface area contributed by atoms with Gasteiger partial charge in [-0.05, 0) is 57.8 Å². The van der Waals surface area contributed by atoms with Crippen molar-refractivity contribution in [2.24, 2.45) is 17.3 Å². The van der Waals surface area contributed by atoms with Crippen LogP contribution >= 0.6 is 0 Å². The molecule has 8 heteroatoms. The lowest BCUT2D eigenvalue weighted by atomic mass is 9.65. The summed E-state index contributed by atoms with van der Waals surface area (Å²) in [5, 5.41) is 15.7. The molecule has 2 unspecified atom stereocenters. The number of rotatable bonds is 10. The molecule has 3 saturated heterocycles. The van der Waals surface area contributed by atoms with Crippen molar-refractivity contribution < 1.29 is 24.2 Å². The van der Waals surface area contributed by atoms with Gasteiger partial charge in [-0.3, -0.25) is 14.4 Å². The van der Waals surface area contributed by atoms with E-state index in [4.69, 9.17) is 4.74 Å². The second kappa shape index (κ2) is 9.41. The van der Waals surface area contributed by atoms with Gasteiger partial charge in [0, 0.05) is 25.2 Å². The number of hydrogen-bond acceptors (Lipinski definition) is 5. The Labute approximate surface area is 204 Å². The van der Waals surface area contributed by atoms with Gasteiger partial charge in [-0.25, -0.2) is 0 Å². The predicted octanol–water partition coefficient (Wildman–Crippen LogP) is 2.38. The largest absolute Gasteiger partial charge is 0.396 e. The fourth-order valence-corrected chi connectivity index (χ4v) is 7.03. The van der Waals surface area contributed by atoms with E-state index in [0.717, 1.165) is 12.8 Å². The Bertz CT molecular complexity index is 807. The molecule has 0 aromatic rings. The van der Waals surface area contributed by atoms with Gasteiger partial charge in [0.15, 0.2) is 0 Å². The van der Waals surface area contributed by atoms with Crippen molar-refractivity contribution in [3.63, 3.8) is 0 Å². The first-order valence-corrected chi connectivity index (χ1v) is 13.0. The van der Waals surface area contributed by atoms with E-state index in [0.29, 0.717) is 32.2 Å². The molecule has 3 aliphatic heterocycles. The van der Waals surface area contributed by atoms with Crippen molar-refractivity contribution in [1.29, 1.82) is 0 Å². The van der Waals surface area contributed by atoms with Crippen molar-refractivity contribution in [1.82, 2.24) is 15.5 Å². The molecule has 0 aromatic heterocycles. The van der Waals surface area contributed by atoms with E-state index in [1.54, 1.807) is 4.90 Å². The summed E-state index contributed by atoms with van der Waals surface area (Å²) in [4.78, 5) is 42.6. The van der Waals surface area contributed by atoms with Crippen LogP contribution in [0, 0.1) is 17.3 Å². The van der Waals surface area contributed by atoms with Crippen LogP contribution in [0.15, 0.2) is 0 Å². The summed E-state index contributed by atoms with van der Waals surface area (Å²) < 4.78 is 6.72. The maximum Gasteiger partial charge on any atom is 0.246 e. The van der Waals surface area contributed by atoms with Gasteiger partial charge in [0.2, 0.25) is 17.7 Å². The second-order valence-corrected chi connectivity index (χ2v) is 12.3. The van der Waals surface area contributed by atoms with Gasteiger partial charge in [0.25, 0.3) is 0 Å². The summed E-state index contributed by atoms with van der Waals surface area (Å²) in [6.45, 7) is 15.1.